The van der Waals surface area contributed by atoms with Crippen molar-refractivity contribution >= 4 is 23.2 Å². The molecule has 0 aliphatic carbocycles. The van der Waals surface area contributed by atoms with Crippen LogP contribution in [0, 0.1) is 24.1 Å². The minimum atomic E-state index is -0.462. The number of rotatable bonds is 7. The van der Waals surface area contributed by atoms with Crippen molar-refractivity contribution in [3.63, 3.8) is 0 Å². The molecule has 0 spiro atoms. The van der Waals surface area contributed by atoms with E-state index in [0.29, 0.717) is 35.8 Å². The van der Waals surface area contributed by atoms with Gasteiger partial charge in [0.25, 0.3) is 5.91 Å². The second kappa shape index (κ2) is 11.9. The lowest BCUT2D eigenvalue weighted by Crippen LogP contribution is -2.28. The van der Waals surface area contributed by atoms with E-state index in [1.807, 2.05) is 32.1 Å². The number of methoxy groups -OCH3 is 1. The average molecular weight is 515 g/mol. The second-order valence-electron chi connectivity index (χ2n) is 9.21. The number of allylic oxidation sites excluding steroid dienone is 1. The van der Waals surface area contributed by atoms with Gasteiger partial charge in [-0.05, 0) is 85.4 Å². The first-order valence-corrected chi connectivity index (χ1v) is 12.5. The predicted octanol–water partition coefficient (Wildman–Crippen LogP) is 5.59. The van der Waals surface area contributed by atoms with Crippen LogP contribution in [0.25, 0.3) is 22.8 Å². The Morgan fingerprint density at radius 2 is 2.00 bits per heavy atom. The Labute approximate surface area is 222 Å². The molecule has 2 heterocycles. The van der Waals surface area contributed by atoms with E-state index in [4.69, 9.17) is 9.47 Å². The zero-order valence-corrected chi connectivity index (χ0v) is 22.0. The number of hydrogen-bond donors (Lipinski definition) is 2. The van der Waals surface area contributed by atoms with Gasteiger partial charge in [-0.2, -0.15) is 5.26 Å². The van der Waals surface area contributed by atoms with E-state index < -0.39 is 5.82 Å². The highest BCUT2D eigenvalue weighted by atomic mass is 19.1. The molecule has 0 bridgehead atoms. The Bertz CT molecular complexity index is 1420. The lowest BCUT2D eigenvalue weighted by molar-refractivity contribution is 0.0903. The van der Waals surface area contributed by atoms with Gasteiger partial charge in [0.2, 0.25) is 0 Å². The molecule has 38 heavy (non-hydrogen) atoms. The van der Waals surface area contributed by atoms with Crippen LogP contribution in [0.5, 0.6) is 5.75 Å². The van der Waals surface area contributed by atoms with Crippen LogP contribution < -0.4 is 15.4 Å². The summed E-state index contributed by atoms with van der Waals surface area (Å²) in [6.07, 6.45) is 5.14. The van der Waals surface area contributed by atoms with E-state index in [-0.39, 0.29) is 23.2 Å². The number of amides is 1. The maximum atomic E-state index is 15.3. The van der Waals surface area contributed by atoms with Crippen LogP contribution in [0.2, 0.25) is 0 Å². The molecule has 1 aromatic heterocycles. The van der Waals surface area contributed by atoms with E-state index in [9.17, 15) is 10.1 Å². The lowest BCUT2D eigenvalue weighted by Gasteiger charge is -2.25. The van der Waals surface area contributed by atoms with Crippen molar-refractivity contribution in [1.29, 1.82) is 5.26 Å². The number of pyridine rings is 1. The molecular weight excluding hydrogens is 483 g/mol. The standard InChI is InChI=1S/C30H31FN4O3/c1-18(24-6-5-20(30(36)33-3)16-28(24)37-4)13-27-19(2)25(7-10-34-27)21-14-22(17-32)29(26(31)15-21)35-23-8-11-38-12-9-23/h5-7,10,13-16,23,35H,8-9,11-12H2,1-4H3,(H,33,36)/b18-13+. The summed E-state index contributed by atoms with van der Waals surface area (Å²) in [6, 6.07) is 12.5. The Morgan fingerprint density at radius 3 is 2.68 bits per heavy atom. The number of aromatic nitrogens is 1. The molecule has 1 saturated heterocycles. The molecule has 0 atom stereocenters. The Morgan fingerprint density at radius 1 is 1.24 bits per heavy atom. The Hall–Kier alpha value is -4.22. The summed E-state index contributed by atoms with van der Waals surface area (Å²) >= 11 is 0. The van der Waals surface area contributed by atoms with Crippen molar-refractivity contribution in [3.05, 3.63) is 76.4 Å². The highest BCUT2D eigenvalue weighted by Crippen LogP contribution is 2.34. The fourth-order valence-electron chi connectivity index (χ4n) is 4.64. The van der Waals surface area contributed by atoms with Gasteiger partial charge in [-0.1, -0.05) is 6.07 Å². The number of halogens is 1. The fraction of sp³-hybridized carbons (Fsp3) is 0.300. The number of nitrogens with one attached hydrogen (secondary N) is 2. The molecule has 8 heteroatoms. The third-order valence-electron chi connectivity index (χ3n) is 6.80. The lowest BCUT2D eigenvalue weighted by atomic mass is 9.95. The van der Waals surface area contributed by atoms with Crippen molar-refractivity contribution in [2.75, 3.05) is 32.7 Å². The highest BCUT2D eigenvalue weighted by Gasteiger charge is 2.20. The van der Waals surface area contributed by atoms with Crippen molar-refractivity contribution in [2.24, 2.45) is 0 Å². The second-order valence-corrected chi connectivity index (χ2v) is 9.21. The van der Waals surface area contributed by atoms with Crippen LogP contribution in [0.3, 0.4) is 0 Å². The first-order chi connectivity index (χ1) is 18.4. The van der Waals surface area contributed by atoms with Gasteiger partial charge in [0.05, 0.1) is 24.1 Å². The van der Waals surface area contributed by atoms with Crippen molar-refractivity contribution in [3.8, 4) is 22.9 Å². The van der Waals surface area contributed by atoms with Gasteiger partial charge < -0.3 is 20.1 Å². The molecule has 7 nitrogen and oxygen atoms in total. The zero-order valence-electron chi connectivity index (χ0n) is 22.0. The van der Waals surface area contributed by atoms with E-state index in [0.717, 1.165) is 35.1 Å². The Balaban J connectivity index is 1.68. The minimum Gasteiger partial charge on any atom is -0.496 e. The van der Waals surface area contributed by atoms with Crippen LogP contribution in [-0.2, 0) is 4.74 Å². The molecule has 0 unspecified atom stereocenters. The van der Waals surface area contributed by atoms with Crippen molar-refractivity contribution in [2.45, 2.75) is 32.7 Å². The smallest absolute Gasteiger partial charge is 0.251 e. The van der Waals surface area contributed by atoms with Gasteiger partial charge in [0.15, 0.2) is 0 Å². The molecule has 3 aromatic rings. The number of anilines is 1. The monoisotopic (exact) mass is 514 g/mol. The quantitative estimate of drug-likeness (QED) is 0.427. The van der Waals surface area contributed by atoms with Gasteiger partial charge >= 0.3 is 0 Å². The van der Waals surface area contributed by atoms with E-state index in [2.05, 4.69) is 21.7 Å². The number of carbonyl (C=O) groups is 1. The van der Waals surface area contributed by atoms with E-state index >= 15 is 4.39 Å². The van der Waals surface area contributed by atoms with Gasteiger partial charge in [-0.25, -0.2) is 4.39 Å². The average Bonchev–Trinajstić information content (AvgIpc) is 2.94. The third kappa shape index (κ3) is 5.68. The molecule has 1 amide bonds. The molecule has 1 fully saturated rings. The molecular formula is C30H31FN4O3. The summed E-state index contributed by atoms with van der Waals surface area (Å²) < 4.78 is 26.2. The number of hydrogen-bond acceptors (Lipinski definition) is 6. The minimum absolute atomic E-state index is 0.0704. The SMILES string of the molecule is CNC(=O)c1ccc(/C(C)=C/c2nccc(-c3cc(F)c(NC4CCOCC4)c(C#N)c3)c2C)c(OC)c1. The zero-order chi connectivity index (χ0) is 27.2. The van der Waals surface area contributed by atoms with Crippen molar-refractivity contribution in [1.82, 2.24) is 10.3 Å². The summed E-state index contributed by atoms with van der Waals surface area (Å²) in [6.45, 7) is 5.10. The highest BCUT2D eigenvalue weighted by molar-refractivity contribution is 5.95. The summed E-state index contributed by atoms with van der Waals surface area (Å²) in [5, 5.41) is 15.6. The van der Waals surface area contributed by atoms with Crippen LogP contribution >= 0.6 is 0 Å². The summed E-state index contributed by atoms with van der Waals surface area (Å²) in [5.74, 6) is -0.0855. The summed E-state index contributed by atoms with van der Waals surface area (Å²) in [5.41, 5.74) is 5.66. The Kier molecular flexibility index (Phi) is 8.39. The fourth-order valence-corrected chi connectivity index (χ4v) is 4.64. The van der Waals surface area contributed by atoms with Gasteiger partial charge in [0.1, 0.15) is 17.6 Å². The summed E-state index contributed by atoms with van der Waals surface area (Å²) in [7, 11) is 3.14. The third-order valence-corrected chi connectivity index (χ3v) is 6.80. The largest absolute Gasteiger partial charge is 0.496 e. The molecule has 1 aliphatic rings. The van der Waals surface area contributed by atoms with Crippen LogP contribution in [0.15, 0.2) is 42.6 Å². The van der Waals surface area contributed by atoms with E-state index in [1.165, 1.54) is 6.07 Å². The molecule has 0 radical (unpaired) electrons. The number of benzene rings is 2. The molecule has 1 aliphatic heterocycles. The predicted molar refractivity (Wildman–Crippen MR) is 146 cm³/mol. The topological polar surface area (TPSA) is 96.3 Å². The normalized spacial score (nSPS) is 14.1. The molecule has 4 rings (SSSR count). The van der Waals surface area contributed by atoms with Crippen molar-refractivity contribution < 1.29 is 18.7 Å². The number of ether oxygens (including phenoxy) is 2. The number of nitriles is 1. The van der Waals surface area contributed by atoms with Crippen LogP contribution in [-0.4, -0.2) is 44.3 Å². The molecule has 2 N–H and O–H groups in total. The molecule has 0 saturated carbocycles. The van der Waals surface area contributed by atoms with Crippen LogP contribution in [0.4, 0.5) is 10.1 Å². The first kappa shape index (κ1) is 26.8. The number of nitrogens with zero attached hydrogens (tertiary/aromatic N) is 2. The van der Waals surface area contributed by atoms with Gasteiger partial charge in [0, 0.05) is 43.6 Å². The molecule has 196 valence electrons. The summed E-state index contributed by atoms with van der Waals surface area (Å²) in [4.78, 5) is 16.6. The maximum absolute atomic E-state index is 15.3. The maximum Gasteiger partial charge on any atom is 0.251 e. The van der Waals surface area contributed by atoms with E-state index in [1.54, 1.807) is 38.6 Å². The van der Waals surface area contributed by atoms with Gasteiger partial charge in [-0.3, -0.25) is 9.78 Å². The molecule has 2 aromatic carbocycles. The van der Waals surface area contributed by atoms with Crippen LogP contribution in [0.1, 0.15) is 52.5 Å². The number of carbonyl (C=O) groups excluding carboxylic acids is 1. The first-order valence-electron chi connectivity index (χ1n) is 12.5. The van der Waals surface area contributed by atoms with Gasteiger partial charge in [-0.15, -0.1) is 0 Å².